The van der Waals surface area contributed by atoms with Gasteiger partial charge < -0.3 is 4.74 Å². The van der Waals surface area contributed by atoms with Crippen LogP contribution in [0, 0.1) is 5.92 Å². The highest BCUT2D eigenvalue weighted by Gasteiger charge is 2.22. The van der Waals surface area contributed by atoms with E-state index in [1.807, 2.05) is 0 Å². The summed E-state index contributed by atoms with van der Waals surface area (Å²) < 4.78 is 5.96. The molecule has 0 radical (unpaired) electrons. The van der Waals surface area contributed by atoms with Crippen molar-refractivity contribution in [1.29, 1.82) is 0 Å². The van der Waals surface area contributed by atoms with Gasteiger partial charge in [-0.1, -0.05) is 104 Å². The number of nitrogens with zero attached hydrogens (tertiary/aromatic N) is 2. The molecule has 3 heteroatoms. The van der Waals surface area contributed by atoms with Gasteiger partial charge in [-0.25, -0.2) is 9.97 Å². The minimum Gasteiger partial charge on any atom is -0.494 e. The summed E-state index contributed by atoms with van der Waals surface area (Å²) in [4.78, 5) is 9.45. The van der Waals surface area contributed by atoms with Crippen LogP contribution in [-0.4, -0.2) is 16.6 Å². The molecule has 0 atom stereocenters. The number of ether oxygens (including phenoxy) is 1. The molecular weight excluding hydrogens is 452 g/mol. The van der Waals surface area contributed by atoms with Crippen molar-refractivity contribution in [2.75, 3.05) is 6.61 Å². The number of aromatic nitrogens is 2. The van der Waals surface area contributed by atoms with Gasteiger partial charge in [-0.2, -0.15) is 0 Å². The molecule has 0 unspecified atom stereocenters. The van der Waals surface area contributed by atoms with Gasteiger partial charge in [-0.15, -0.1) is 0 Å². The van der Waals surface area contributed by atoms with Crippen molar-refractivity contribution in [3.63, 3.8) is 0 Å². The fourth-order valence-corrected chi connectivity index (χ4v) is 5.82. The molecule has 0 spiro atoms. The van der Waals surface area contributed by atoms with Crippen LogP contribution in [0.1, 0.15) is 147 Å². The van der Waals surface area contributed by atoms with Crippen molar-refractivity contribution < 1.29 is 4.74 Å². The maximum atomic E-state index is 5.96. The molecule has 2 aromatic rings. The van der Waals surface area contributed by atoms with Crippen LogP contribution < -0.4 is 4.74 Å². The number of rotatable bonds is 19. The molecule has 0 bridgehead atoms. The molecule has 1 aliphatic carbocycles. The summed E-state index contributed by atoms with van der Waals surface area (Å²) in [7, 11) is 0. The third kappa shape index (κ3) is 11.6. The van der Waals surface area contributed by atoms with Gasteiger partial charge in [-0.05, 0) is 73.8 Å². The molecule has 1 fully saturated rings. The van der Waals surface area contributed by atoms with Crippen LogP contribution in [0.5, 0.6) is 5.75 Å². The van der Waals surface area contributed by atoms with Gasteiger partial charge in [0.15, 0.2) is 5.82 Å². The molecule has 1 heterocycles. The maximum absolute atomic E-state index is 5.96. The first-order valence-corrected chi connectivity index (χ1v) is 15.8. The van der Waals surface area contributed by atoms with E-state index in [0.717, 1.165) is 36.1 Å². The Labute approximate surface area is 228 Å². The van der Waals surface area contributed by atoms with Crippen LogP contribution in [-0.2, 0) is 0 Å². The van der Waals surface area contributed by atoms with Gasteiger partial charge in [0.2, 0.25) is 0 Å². The van der Waals surface area contributed by atoms with Crippen LogP contribution in [0.4, 0.5) is 0 Å². The van der Waals surface area contributed by atoms with E-state index in [4.69, 9.17) is 14.7 Å². The zero-order chi connectivity index (χ0) is 26.0. The second-order valence-corrected chi connectivity index (χ2v) is 11.5. The Bertz CT molecular complexity index is 809. The highest BCUT2D eigenvalue weighted by molar-refractivity contribution is 5.56. The summed E-state index contributed by atoms with van der Waals surface area (Å²) in [6.45, 7) is 5.38. The van der Waals surface area contributed by atoms with E-state index < -0.39 is 0 Å². The lowest BCUT2D eigenvalue weighted by Crippen LogP contribution is -2.14. The fraction of sp³-hybridized carbons (Fsp3) is 0.706. The number of benzene rings is 1. The third-order valence-electron chi connectivity index (χ3n) is 8.34. The van der Waals surface area contributed by atoms with E-state index in [-0.39, 0.29) is 0 Å². The van der Waals surface area contributed by atoms with E-state index in [9.17, 15) is 0 Å². The molecule has 1 aromatic carbocycles. The van der Waals surface area contributed by atoms with Crippen molar-refractivity contribution in [3.8, 4) is 17.1 Å². The van der Waals surface area contributed by atoms with Gasteiger partial charge in [0.25, 0.3) is 0 Å². The lowest BCUT2D eigenvalue weighted by Gasteiger charge is -2.28. The molecule has 0 saturated heterocycles. The molecule has 0 aliphatic heterocycles. The van der Waals surface area contributed by atoms with Crippen LogP contribution >= 0.6 is 0 Å². The minimum absolute atomic E-state index is 0.641. The van der Waals surface area contributed by atoms with E-state index in [0.29, 0.717) is 5.92 Å². The monoisotopic (exact) mass is 506 g/mol. The molecule has 1 aliphatic rings. The topological polar surface area (TPSA) is 35.0 Å². The van der Waals surface area contributed by atoms with E-state index in [2.05, 4.69) is 50.5 Å². The Morgan fingerprint density at radius 2 is 1.19 bits per heavy atom. The molecule has 1 aromatic heterocycles. The SMILES string of the molecule is CCCCCCCCCCCOc1ccc(-c2ncc([C@H]3CC[C@H](CCCCCCC)CC3)cn2)cc1. The Balaban J connectivity index is 1.31. The van der Waals surface area contributed by atoms with Crippen molar-refractivity contribution in [3.05, 3.63) is 42.2 Å². The van der Waals surface area contributed by atoms with Crippen molar-refractivity contribution in [1.82, 2.24) is 9.97 Å². The second kappa shape index (κ2) is 18.4. The van der Waals surface area contributed by atoms with E-state index >= 15 is 0 Å². The molecule has 0 amide bonds. The third-order valence-corrected chi connectivity index (χ3v) is 8.34. The van der Waals surface area contributed by atoms with Crippen LogP contribution in [0.3, 0.4) is 0 Å². The second-order valence-electron chi connectivity index (χ2n) is 11.5. The standard InChI is InChI=1S/C34H54N2O/c1-3-5-7-9-10-11-12-14-16-26-37-33-24-22-31(23-25-33)34-35-27-32(28-36-34)30-20-18-29(19-21-30)17-15-13-8-6-4-2/h22-25,27-30H,3-21,26H2,1-2H3/t29-,30-. The molecule has 206 valence electrons. The van der Waals surface area contributed by atoms with Crippen LogP contribution in [0.2, 0.25) is 0 Å². The Morgan fingerprint density at radius 3 is 1.78 bits per heavy atom. The van der Waals surface area contributed by atoms with Gasteiger partial charge in [0, 0.05) is 18.0 Å². The first-order chi connectivity index (χ1) is 18.3. The maximum Gasteiger partial charge on any atom is 0.159 e. The Morgan fingerprint density at radius 1 is 0.649 bits per heavy atom. The summed E-state index contributed by atoms with van der Waals surface area (Å²) >= 11 is 0. The first kappa shape index (κ1) is 29.7. The van der Waals surface area contributed by atoms with Gasteiger partial charge in [0.05, 0.1) is 6.61 Å². The van der Waals surface area contributed by atoms with E-state index in [1.54, 1.807) is 0 Å². The summed E-state index contributed by atoms with van der Waals surface area (Å²) in [6, 6.07) is 8.30. The molecule has 0 N–H and O–H groups in total. The first-order valence-electron chi connectivity index (χ1n) is 15.8. The zero-order valence-corrected chi connectivity index (χ0v) is 24.1. The van der Waals surface area contributed by atoms with Gasteiger partial charge >= 0.3 is 0 Å². The molecule has 3 nitrogen and oxygen atoms in total. The van der Waals surface area contributed by atoms with Crippen molar-refractivity contribution >= 4 is 0 Å². The lowest BCUT2D eigenvalue weighted by molar-refractivity contribution is 0.301. The quantitative estimate of drug-likeness (QED) is 0.178. The summed E-state index contributed by atoms with van der Waals surface area (Å²) in [5.41, 5.74) is 2.39. The molecular formula is C34H54N2O. The fourth-order valence-electron chi connectivity index (χ4n) is 5.82. The summed E-state index contributed by atoms with van der Waals surface area (Å²) in [5, 5.41) is 0. The minimum atomic E-state index is 0.641. The predicted molar refractivity (Wildman–Crippen MR) is 158 cm³/mol. The van der Waals surface area contributed by atoms with E-state index in [1.165, 1.54) is 121 Å². The number of hydrogen-bond acceptors (Lipinski definition) is 3. The average molecular weight is 507 g/mol. The van der Waals surface area contributed by atoms with Gasteiger partial charge in [-0.3, -0.25) is 0 Å². The normalized spacial score (nSPS) is 17.7. The molecule has 3 rings (SSSR count). The smallest absolute Gasteiger partial charge is 0.159 e. The van der Waals surface area contributed by atoms with Crippen molar-refractivity contribution in [2.45, 2.75) is 142 Å². The largest absolute Gasteiger partial charge is 0.494 e. The molecule has 37 heavy (non-hydrogen) atoms. The number of unbranched alkanes of at least 4 members (excludes halogenated alkanes) is 12. The predicted octanol–water partition coefficient (Wildman–Crippen LogP) is 10.7. The van der Waals surface area contributed by atoms with Gasteiger partial charge in [0.1, 0.15) is 5.75 Å². The van der Waals surface area contributed by atoms with Crippen LogP contribution in [0.25, 0.3) is 11.4 Å². The lowest BCUT2D eigenvalue weighted by atomic mass is 9.77. The average Bonchev–Trinajstić information content (AvgIpc) is 2.95. The zero-order valence-electron chi connectivity index (χ0n) is 24.1. The molecule has 1 saturated carbocycles. The van der Waals surface area contributed by atoms with Crippen molar-refractivity contribution in [2.24, 2.45) is 5.92 Å². The highest BCUT2D eigenvalue weighted by atomic mass is 16.5. The Kier molecular flexibility index (Phi) is 14.7. The Hall–Kier alpha value is -1.90. The summed E-state index contributed by atoms with van der Waals surface area (Å²) in [5.74, 6) is 3.35. The summed E-state index contributed by atoms with van der Waals surface area (Å²) in [6.07, 6.45) is 30.0. The van der Waals surface area contributed by atoms with Crippen LogP contribution in [0.15, 0.2) is 36.7 Å². The number of hydrogen-bond donors (Lipinski definition) is 0. The highest BCUT2D eigenvalue weighted by Crippen LogP contribution is 2.37.